The van der Waals surface area contributed by atoms with Gasteiger partial charge in [-0.05, 0) is 56.5 Å². The van der Waals surface area contributed by atoms with Crippen LogP contribution in [0.4, 0.5) is 5.69 Å². The van der Waals surface area contributed by atoms with Crippen molar-refractivity contribution in [1.82, 2.24) is 5.32 Å². The second kappa shape index (κ2) is 10.7. The van der Waals surface area contributed by atoms with Gasteiger partial charge in [0, 0.05) is 23.5 Å². The number of nitrogens with one attached hydrogen (secondary N) is 2. The molecule has 0 heterocycles. The molecule has 5 nitrogen and oxygen atoms in total. The van der Waals surface area contributed by atoms with Gasteiger partial charge in [0.25, 0.3) is 0 Å². The molecule has 2 rings (SSSR count). The van der Waals surface area contributed by atoms with E-state index >= 15 is 0 Å². The molecule has 140 valence electrons. The third-order valence-electron chi connectivity index (χ3n) is 4.40. The molecule has 1 aromatic rings. The second-order valence-corrected chi connectivity index (χ2v) is 7.78. The fourth-order valence-electron chi connectivity index (χ4n) is 3.06. The van der Waals surface area contributed by atoms with Gasteiger partial charge in [0.05, 0.1) is 5.25 Å². The first-order chi connectivity index (χ1) is 11.5. The van der Waals surface area contributed by atoms with Crippen LogP contribution in [0.1, 0.15) is 39.5 Å². The fraction of sp³-hybridized carbons (Fsp3) is 0.556. The summed E-state index contributed by atoms with van der Waals surface area (Å²) in [6.45, 7) is 4.04. The minimum atomic E-state index is -0.169. The third kappa shape index (κ3) is 6.88. The van der Waals surface area contributed by atoms with Crippen LogP contribution in [-0.2, 0) is 9.59 Å². The number of hydrogen-bond acceptors (Lipinski definition) is 4. The zero-order valence-electron chi connectivity index (χ0n) is 14.8. The normalized spacial score (nSPS) is 20.9. The minimum Gasteiger partial charge on any atom is -0.352 e. The molecule has 0 radical (unpaired) electrons. The Bertz CT molecular complexity index is 568. The Morgan fingerprint density at radius 3 is 2.48 bits per heavy atom. The summed E-state index contributed by atoms with van der Waals surface area (Å²) < 4.78 is 0. The standard InChI is InChI=1S/C18H27N3O2S.ClH/c1-12(18(23)21-17-6-4-3-5-14(17)11-19)24-16-9-7-15(8-10-16)20-13(2)22;/h7-10,12,14,17H,3-6,11,19H2,1-2H3,(H,20,22)(H,21,23);1H. The van der Waals surface area contributed by atoms with Gasteiger partial charge in [-0.15, -0.1) is 24.2 Å². The molecule has 1 aliphatic carbocycles. The number of thioether (sulfide) groups is 1. The fourth-order valence-corrected chi connectivity index (χ4v) is 3.93. The number of halogens is 1. The van der Waals surface area contributed by atoms with Crippen LogP contribution in [0.3, 0.4) is 0 Å². The van der Waals surface area contributed by atoms with E-state index in [1.807, 2.05) is 31.2 Å². The number of anilines is 1. The minimum absolute atomic E-state index is 0. The Balaban J connectivity index is 0.00000312. The van der Waals surface area contributed by atoms with Crippen LogP contribution in [0.25, 0.3) is 0 Å². The van der Waals surface area contributed by atoms with E-state index in [-0.39, 0.29) is 35.5 Å². The molecule has 3 atom stereocenters. The van der Waals surface area contributed by atoms with Gasteiger partial charge in [-0.1, -0.05) is 12.8 Å². The van der Waals surface area contributed by atoms with Gasteiger partial charge >= 0.3 is 0 Å². The smallest absolute Gasteiger partial charge is 0.233 e. The van der Waals surface area contributed by atoms with E-state index < -0.39 is 0 Å². The Kier molecular flexibility index (Phi) is 9.32. The molecule has 0 bridgehead atoms. The number of carbonyl (C=O) groups excluding carboxylic acids is 2. The van der Waals surface area contributed by atoms with Crippen molar-refractivity contribution in [2.24, 2.45) is 11.7 Å². The van der Waals surface area contributed by atoms with Gasteiger partial charge in [-0.3, -0.25) is 9.59 Å². The Morgan fingerprint density at radius 1 is 1.24 bits per heavy atom. The first-order valence-corrected chi connectivity index (χ1v) is 9.42. The van der Waals surface area contributed by atoms with Crippen molar-refractivity contribution in [2.75, 3.05) is 11.9 Å². The Labute approximate surface area is 160 Å². The molecule has 1 aromatic carbocycles. The largest absolute Gasteiger partial charge is 0.352 e. The molecule has 0 saturated heterocycles. The molecule has 4 N–H and O–H groups in total. The molecule has 0 aromatic heterocycles. The van der Waals surface area contributed by atoms with Crippen LogP contribution in [0.2, 0.25) is 0 Å². The number of rotatable bonds is 6. The summed E-state index contributed by atoms with van der Waals surface area (Å²) in [6, 6.07) is 7.74. The van der Waals surface area contributed by atoms with E-state index in [1.165, 1.54) is 25.1 Å². The summed E-state index contributed by atoms with van der Waals surface area (Å²) in [7, 11) is 0. The van der Waals surface area contributed by atoms with Gasteiger partial charge in [-0.25, -0.2) is 0 Å². The predicted molar refractivity (Wildman–Crippen MR) is 106 cm³/mol. The molecule has 25 heavy (non-hydrogen) atoms. The predicted octanol–water partition coefficient (Wildman–Crippen LogP) is 3.18. The van der Waals surface area contributed by atoms with Gasteiger partial charge < -0.3 is 16.4 Å². The second-order valence-electron chi connectivity index (χ2n) is 6.36. The van der Waals surface area contributed by atoms with Gasteiger partial charge in [-0.2, -0.15) is 0 Å². The van der Waals surface area contributed by atoms with Crippen LogP contribution < -0.4 is 16.4 Å². The Morgan fingerprint density at radius 2 is 1.88 bits per heavy atom. The van der Waals surface area contributed by atoms with Gasteiger partial charge in [0.2, 0.25) is 11.8 Å². The highest BCUT2D eigenvalue weighted by molar-refractivity contribution is 8.00. The maximum absolute atomic E-state index is 12.5. The van der Waals surface area contributed by atoms with Gasteiger partial charge in [0.15, 0.2) is 0 Å². The lowest BCUT2D eigenvalue weighted by Gasteiger charge is -2.32. The average molecular weight is 386 g/mol. The number of carbonyl (C=O) groups is 2. The highest BCUT2D eigenvalue weighted by atomic mass is 35.5. The monoisotopic (exact) mass is 385 g/mol. The van der Waals surface area contributed by atoms with Crippen LogP contribution in [0.5, 0.6) is 0 Å². The topological polar surface area (TPSA) is 84.2 Å². The summed E-state index contributed by atoms with van der Waals surface area (Å²) in [4.78, 5) is 24.5. The highest BCUT2D eigenvalue weighted by Gasteiger charge is 2.27. The molecule has 2 amide bonds. The lowest BCUT2D eigenvalue weighted by atomic mass is 9.84. The molecule has 0 spiro atoms. The van der Waals surface area contributed by atoms with Crippen molar-refractivity contribution in [3.63, 3.8) is 0 Å². The summed E-state index contributed by atoms with van der Waals surface area (Å²) in [5, 5.41) is 5.75. The molecule has 1 fully saturated rings. The molecule has 7 heteroatoms. The zero-order valence-corrected chi connectivity index (χ0v) is 16.4. The molecular weight excluding hydrogens is 358 g/mol. The lowest BCUT2D eigenvalue weighted by molar-refractivity contribution is -0.121. The number of benzene rings is 1. The van der Waals surface area contributed by atoms with Crippen molar-refractivity contribution in [1.29, 1.82) is 0 Å². The van der Waals surface area contributed by atoms with Crippen molar-refractivity contribution >= 4 is 41.7 Å². The first-order valence-electron chi connectivity index (χ1n) is 8.54. The summed E-state index contributed by atoms with van der Waals surface area (Å²) in [6.07, 6.45) is 4.50. The first kappa shape index (κ1) is 21.8. The van der Waals surface area contributed by atoms with Crippen molar-refractivity contribution < 1.29 is 9.59 Å². The SMILES string of the molecule is CC(=O)Nc1ccc(SC(C)C(=O)NC2CCCCC2CN)cc1.Cl. The van der Waals surface area contributed by atoms with Crippen LogP contribution in [0, 0.1) is 5.92 Å². The van der Waals surface area contributed by atoms with Crippen molar-refractivity contribution in [2.45, 2.75) is 55.7 Å². The van der Waals surface area contributed by atoms with Crippen molar-refractivity contribution in [3.05, 3.63) is 24.3 Å². The van der Waals surface area contributed by atoms with E-state index in [4.69, 9.17) is 5.73 Å². The van der Waals surface area contributed by atoms with Crippen LogP contribution in [0.15, 0.2) is 29.2 Å². The molecular formula is C18H28ClN3O2S. The molecule has 1 aliphatic rings. The summed E-state index contributed by atoms with van der Waals surface area (Å²) in [5.74, 6) is 0.373. The quantitative estimate of drug-likeness (QED) is 0.656. The molecule has 1 saturated carbocycles. The lowest BCUT2D eigenvalue weighted by Crippen LogP contribution is -2.47. The van der Waals surface area contributed by atoms with E-state index in [0.717, 1.165) is 29.8 Å². The molecule has 3 unspecified atom stereocenters. The maximum Gasteiger partial charge on any atom is 0.233 e. The highest BCUT2D eigenvalue weighted by Crippen LogP contribution is 2.27. The average Bonchev–Trinajstić information content (AvgIpc) is 2.56. The van der Waals surface area contributed by atoms with Crippen LogP contribution >= 0.6 is 24.2 Å². The summed E-state index contributed by atoms with van der Waals surface area (Å²) >= 11 is 1.52. The Hall–Kier alpha value is -1.24. The third-order valence-corrected chi connectivity index (χ3v) is 5.51. The van der Waals surface area contributed by atoms with Crippen molar-refractivity contribution in [3.8, 4) is 0 Å². The maximum atomic E-state index is 12.5. The van der Waals surface area contributed by atoms with Gasteiger partial charge in [0.1, 0.15) is 0 Å². The van der Waals surface area contributed by atoms with E-state index in [9.17, 15) is 9.59 Å². The molecule has 0 aliphatic heterocycles. The van der Waals surface area contributed by atoms with Crippen LogP contribution in [-0.4, -0.2) is 29.7 Å². The number of nitrogens with two attached hydrogens (primary N) is 1. The van der Waals surface area contributed by atoms with E-state index in [1.54, 1.807) is 0 Å². The van der Waals surface area contributed by atoms with E-state index in [0.29, 0.717) is 12.5 Å². The van der Waals surface area contributed by atoms with E-state index in [2.05, 4.69) is 10.6 Å². The zero-order chi connectivity index (χ0) is 17.5. The summed E-state index contributed by atoms with van der Waals surface area (Å²) in [5.41, 5.74) is 6.59. The number of amides is 2. The number of hydrogen-bond donors (Lipinski definition) is 3.